The van der Waals surface area contributed by atoms with Crippen molar-refractivity contribution in [2.24, 2.45) is 0 Å². The number of anilines is 2. The van der Waals surface area contributed by atoms with Crippen LogP contribution < -0.4 is 10.6 Å². The van der Waals surface area contributed by atoms with Gasteiger partial charge in [0.1, 0.15) is 0 Å². The molecule has 0 spiro atoms. The van der Waals surface area contributed by atoms with Gasteiger partial charge in [0.05, 0.1) is 10.9 Å². The summed E-state index contributed by atoms with van der Waals surface area (Å²) >= 11 is 13.6. The molecule has 1 aliphatic heterocycles. The lowest BCUT2D eigenvalue weighted by atomic mass is 10.1. The van der Waals surface area contributed by atoms with Gasteiger partial charge < -0.3 is 5.73 Å². The molecule has 1 fully saturated rings. The van der Waals surface area contributed by atoms with E-state index in [9.17, 15) is 14.4 Å². The summed E-state index contributed by atoms with van der Waals surface area (Å²) in [6.45, 7) is 0. The Kier molecular flexibility index (Phi) is 6.88. The molecule has 2 amide bonds. The normalized spacial score (nSPS) is 16.1. The van der Waals surface area contributed by atoms with Crippen LogP contribution in [0.2, 0.25) is 10.0 Å². The lowest BCUT2D eigenvalue weighted by molar-refractivity contribution is -0.121. The molecule has 1 aliphatic rings. The van der Waals surface area contributed by atoms with Gasteiger partial charge >= 0.3 is 0 Å². The number of nitrogen functional groups attached to an aromatic ring is 1. The number of thioether (sulfide) groups is 1. The number of halogens is 2. The van der Waals surface area contributed by atoms with E-state index >= 15 is 0 Å². The molecule has 166 valence electrons. The van der Waals surface area contributed by atoms with Crippen molar-refractivity contribution in [3.8, 4) is 0 Å². The Morgan fingerprint density at radius 1 is 1.00 bits per heavy atom. The first-order valence-electron chi connectivity index (χ1n) is 9.99. The summed E-state index contributed by atoms with van der Waals surface area (Å²) in [6, 6.07) is 18.6. The monoisotopic (exact) mass is 496 g/mol. The van der Waals surface area contributed by atoms with E-state index in [1.165, 1.54) is 17.8 Å². The van der Waals surface area contributed by atoms with Crippen LogP contribution in [-0.2, 0) is 9.59 Å². The fourth-order valence-corrected chi connectivity index (χ4v) is 5.06. The van der Waals surface area contributed by atoms with Crippen LogP contribution in [-0.4, -0.2) is 22.8 Å². The van der Waals surface area contributed by atoms with E-state index in [-0.39, 0.29) is 24.0 Å². The van der Waals surface area contributed by atoms with Gasteiger partial charge in [-0.05, 0) is 66.7 Å². The first-order chi connectivity index (χ1) is 15.8. The Morgan fingerprint density at radius 3 is 2.33 bits per heavy atom. The van der Waals surface area contributed by atoms with Crippen LogP contribution in [0.5, 0.6) is 0 Å². The number of nitrogens with two attached hydrogens (primary N) is 1. The van der Waals surface area contributed by atoms with Gasteiger partial charge in [-0.15, -0.1) is 11.8 Å². The van der Waals surface area contributed by atoms with Crippen molar-refractivity contribution in [1.29, 1.82) is 0 Å². The highest BCUT2D eigenvalue weighted by molar-refractivity contribution is 8.00. The van der Waals surface area contributed by atoms with Gasteiger partial charge in [0.25, 0.3) is 0 Å². The number of ketones is 1. The summed E-state index contributed by atoms with van der Waals surface area (Å²) < 4.78 is 0. The van der Waals surface area contributed by atoms with Crippen molar-refractivity contribution < 1.29 is 14.4 Å². The first-order valence-corrected chi connectivity index (χ1v) is 11.6. The number of nitrogens with zero attached hydrogens (tertiary/aromatic N) is 1. The minimum Gasteiger partial charge on any atom is -0.399 e. The van der Waals surface area contributed by atoms with Crippen LogP contribution in [0.3, 0.4) is 0 Å². The van der Waals surface area contributed by atoms with Gasteiger partial charge in [-0.1, -0.05) is 35.3 Å². The van der Waals surface area contributed by atoms with Gasteiger partial charge in [0.15, 0.2) is 5.78 Å². The Bertz CT molecular complexity index is 1250. The van der Waals surface area contributed by atoms with Gasteiger partial charge in [-0.2, -0.15) is 0 Å². The zero-order valence-corrected chi connectivity index (χ0v) is 19.5. The average Bonchev–Trinajstić information content (AvgIpc) is 3.06. The van der Waals surface area contributed by atoms with Crippen molar-refractivity contribution in [1.82, 2.24) is 0 Å². The Hall–Kier alpha value is -3.06. The molecule has 8 heteroatoms. The predicted molar refractivity (Wildman–Crippen MR) is 134 cm³/mol. The van der Waals surface area contributed by atoms with Crippen LogP contribution in [0, 0.1) is 0 Å². The van der Waals surface area contributed by atoms with Crippen molar-refractivity contribution in [2.75, 3.05) is 10.6 Å². The number of allylic oxidation sites excluding steroid dienone is 1. The maximum Gasteiger partial charge on any atom is 0.247 e. The molecule has 2 N–H and O–H groups in total. The van der Waals surface area contributed by atoms with E-state index in [1.807, 2.05) is 6.07 Å². The molecule has 0 aromatic heterocycles. The minimum absolute atomic E-state index is 0.0975. The number of amides is 2. The van der Waals surface area contributed by atoms with E-state index in [0.717, 1.165) is 9.80 Å². The molecule has 1 heterocycles. The van der Waals surface area contributed by atoms with Gasteiger partial charge in [-0.25, -0.2) is 4.90 Å². The number of hydrogen-bond donors (Lipinski definition) is 1. The Morgan fingerprint density at radius 2 is 1.67 bits per heavy atom. The van der Waals surface area contributed by atoms with Crippen molar-refractivity contribution >= 4 is 70.0 Å². The second-order valence-corrected chi connectivity index (χ2v) is 9.42. The highest BCUT2D eigenvalue weighted by Gasteiger charge is 2.40. The summed E-state index contributed by atoms with van der Waals surface area (Å²) in [4.78, 5) is 40.0. The maximum absolute atomic E-state index is 12.9. The van der Waals surface area contributed by atoms with Gasteiger partial charge in [0, 0.05) is 38.2 Å². The highest BCUT2D eigenvalue weighted by atomic mass is 35.5. The minimum atomic E-state index is -0.524. The largest absolute Gasteiger partial charge is 0.399 e. The summed E-state index contributed by atoms with van der Waals surface area (Å²) in [5.74, 6) is -0.833. The molecule has 5 nitrogen and oxygen atoms in total. The number of hydrogen-bond acceptors (Lipinski definition) is 5. The average molecular weight is 497 g/mol. The topological polar surface area (TPSA) is 80.5 Å². The van der Waals surface area contributed by atoms with E-state index in [2.05, 4.69) is 0 Å². The van der Waals surface area contributed by atoms with Gasteiger partial charge in [0.2, 0.25) is 11.8 Å². The molecule has 1 atom stereocenters. The van der Waals surface area contributed by atoms with Crippen LogP contribution in [0.25, 0.3) is 6.08 Å². The third-order valence-electron chi connectivity index (χ3n) is 5.05. The van der Waals surface area contributed by atoms with Crippen LogP contribution in [0.15, 0.2) is 77.7 Å². The van der Waals surface area contributed by atoms with Gasteiger partial charge in [-0.3, -0.25) is 14.4 Å². The summed E-state index contributed by atoms with van der Waals surface area (Å²) in [6.07, 6.45) is 3.04. The molecule has 3 aromatic rings. The number of carbonyl (C=O) groups is 3. The first kappa shape index (κ1) is 23.1. The van der Waals surface area contributed by atoms with Crippen molar-refractivity contribution in [3.63, 3.8) is 0 Å². The number of benzene rings is 3. The van der Waals surface area contributed by atoms with Crippen LogP contribution in [0.1, 0.15) is 22.3 Å². The van der Waals surface area contributed by atoms with E-state index in [4.69, 9.17) is 28.9 Å². The number of imide groups is 1. The third kappa shape index (κ3) is 5.14. The summed E-state index contributed by atoms with van der Waals surface area (Å²) in [5.41, 5.74) is 7.79. The quantitative estimate of drug-likeness (QED) is 0.199. The summed E-state index contributed by atoms with van der Waals surface area (Å²) in [5, 5.41) is 0.362. The van der Waals surface area contributed by atoms with Crippen LogP contribution >= 0.6 is 35.0 Å². The van der Waals surface area contributed by atoms with E-state index in [0.29, 0.717) is 32.5 Å². The molecule has 33 heavy (non-hydrogen) atoms. The molecular formula is C25H18Cl2N2O3S. The standard InChI is InChI=1S/C25H18Cl2N2O3S/c26-20-5-2-6-21(27)19(20)11-12-22(30)15-7-9-17(10-8-15)29-24(31)14-23(25(29)32)33-18-4-1-3-16(28)13-18/h1-13,23H,14,28H2/b12-11+. The Balaban J connectivity index is 1.47. The molecular weight excluding hydrogens is 479 g/mol. The van der Waals surface area contributed by atoms with Crippen molar-refractivity contribution in [3.05, 3.63) is 94.0 Å². The smallest absolute Gasteiger partial charge is 0.247 e. The molecule has 3 aromatic carbocycles. The highest BCUT2D eigenvalue weighted by Crippen LogP contribution is 2.34. The zero-order chi connectivity index (χ0) is 23.5. The molecule has 0 bridgehead atoms. The number of carbonyl (C=O) groups excluding carboxylic acids is 3. The third-order valence-corrected chi connectivity index (χ3v) is 6.89. The zero-order valence-electron chi connectivity index (χ0n) is 17.2. The fourth-order valence-electron chi connectivity index (χ4n) is 3.42. The van der Waals surface area contributed by atoms with Crippen LogP contribution in [0.4, 0.5) is 11.4 Å². The molecule has 1 saturated heterocycles. The second-order valence-electron chi connectivity index (χ2n) is 7.33. The molecule has 1 unspecified atom stereocenters. The summed E-state index contributed by atoms with van der Waals surface area (Å²) in [7, 11) is 0. The fraction of sp³-hybridized carbons (Fsp3) is 0.0800. The number of rotatable bonds is 6. The maximum atomic E-state index is 12.9. The van der Waals surface area contributed by atoms with Crippen molar-refractivity contribution in [2.45, 2.75) is 16.6 Å². The molecule has 0 aliphatic carbocycles. The molecule has 4 rings (SSSR count). The van der Waals surface area contributed by atoms with E-state index < -0.39 is 5.25 Å². The SMILES string of the molecule is Nc1cccc(SC2CC(=O)N(c3ccc(C(=O)/C=C/c4c(Cl)cccc4Cl)cc3)C2=O)c1. The molecule has 0 radical (unpaired) electrons. The Labute approximate surface area is 205 Å². The second kappa shape index (κ2) is 9.83. The van der Waals surface area contributed by atoms with E-state index in [1.54, 1.807) is 66.7 Å². The molecule has 0 saturated carbocycles. The predicted octanol–water partition coefficient (Wildman–Crippen LogP) is 5.90. The lowest BCUT2D eigenvalue weighted by Crippen LogP contribution is -2.31. The lowest BCUT2D eigenvalue weighted by Gasteiger charge is -2.15.